The van der Waals surface area contributed by atoms with E-state index in [1.807, 2.05) is 86.6 Å². The molecule has 3 aromatic carbocycles. The largest absolute Gasteiger partial charge is 0.490 e. The van der Waals surface area contributed by atoms with Crippen LogP contribution in [-0.2, 0) is 4.79 Å². The van der Waals surface area contributed by atoms with Gasteiger partial charge in [-0.2, -0.15) is 0 Å². The number of carbonyl (C=O) groups excluding carboxylic acids is 1. The maximum absolute atomic E-state index is 13.1. The van der Waals surface area contributed by atoms with Crippen molar-refractivity contribution in [2.24, 2.45) is 0 Å². The number of benzene rings is 3. The molecule has 0 fully saturated rings. The molecule has 0 saturated carbocycles. The van der Waals surface area contributed by atoms with E-state index in [1.54, 1.807) is 0 Å². The smallest absolute Gasteiger partial charge is 0.258 e. The number of anilines is 2. The van der Waals surface area contributed by atoms with Crippen LogP contribution in [0.5, 0.6) is 11.5 Å². The quantitative estimate of drug-likeness (QED) is 0.520. The predicted molar refractivity (Wildman–Crippen MR) is 121 cm³/mol. The minimum Gasteiger partial charge on any atom is -0.490 e. The van der Waals surface area contributed by atoms with Crippen LogP contribution in [0.4, 0.5) is 11.4 Å². The number of hydrogen-bond donors (Lipinski definition) is 2. The van der Waals surface area contributed by atoms with E-state index >= 15 is 0 Å². The standard InChI is InChI=1S/C25H24N2O3/c1-3-29-21-15-19-20(16-22(21)30-4-2)27-25(28)23(19)24(17-11-7-5-8-12-17)26-18-13-9-6-10-14-18/h5-16,26H,3-4H2,1-2H3,(H,27,28)/b24-23-. The first-order chi connectivity index (χ1) is 14.7. The molecule has 3 aromatic rings. The van der Waals surface area contributed by atoms with Crippen molar-refractivity contribution in [1.29, 1.82) is 0 Å². The van der Waals surface area contributed by atoms with E-state index in [9.17, 15) is 4.79 Å². The average Bonchev–Trinajstić information content (AvgIpc) is 3.08. The number of fused-ring (bicyclic) bond motifs is 1. The Balaban J connectivity index is 1.90. The minimum atomic E-state index is -0.164. The second kappa shape index (κ2) is 8.74. The Bertz CT molecular complexity index is 1080. The summed E-state index contributed by atoms with van der Waals surface area (Å²) in [5.41, 5.74) is 4.64. The molecule has 0 aliphatic carbocycles. The molecule has 1 amide bonds. The molecule has 0 radical (unpaired) electrons. The van der Waals surface area contributed by atoms with Gasteiger partial charge in [-0.1, -0.05) is 48.5 Å². The molecule has 5 heteroatoms. The van der Waals surface area contributed by atoms with Crippen LogP contribution >= 0.6 is 0 Å². The number of para-hydroxylation sites is 1. The van der Waals surface area contributed by atoms with Crippen LogP contribution in [0.25, 0.3) is 11.3 Å². The number of carbonyl (C=O) groups is 1. The fourth-order valence-corrected chi connectivity index (χ4v) is 3.51. The summed E-state index contributed by atoms with van der Waals surface area (Å²) in [6, 6.07) is 23.4. The van der Waals surface area contributed by atoms with Gasteiger partial charge < -0.3 is 20.1 Å². The Labute approximate surface area is 176 Å². The van der Waals surface area contributed by atoms with Gasteiger partial charge in [0, 0.05) is 17.3 Å². The topological polar surface area (TPSA) is 59.6 Å². The molecule has 152 valence electrons. The van der Waals surface area contributed by atoms with Crippen molar-refractivity contribution in [2.75, 3.05) is 23.8 Å². The number of ether oxygens (including phenoxy) is 2. The fourth-order valence-electron chi connectivity index (χ4n) is 3.51. The molecule has 0 spiro atoms. The lowest BCUT2D eigenvalue weighted by molar-refractivity contribution is -0.110. The van der Waals surface area contributed by atoms with E-state index in [-0.39, 0.29) is 5.91 Å². The summed E-state index contributed by atoms with van der Waals surface area (Å²) in [5.74, 6) is 1.08. The Morgan fingerprint density at radius 3 is 2.10 bits per heavy atom. The van der Waals surface area contributed by atoms with Gasteiger partial charge in [-0.05, 0) is 37.6 Å². The Kier molecular flexibility index (Phi) is 5.70. The molecule has 1 aliphatic rings. The summed E-state index contributed by atoms with van der Waals surface area (Å²) < 4.78 is 11.5. The highest BCUT2D eigenvalue weighted by Crippen LogP contribution is 2.43. The van der Waals surface area contributed by atoms with Crippen molar-refractivity contribution in [3.63, 3.8) is 0 Å². The summed E-state index contributed by atoms with van der Waals surface area (Å²) >= 11 is 0. The van der Waals surface area contributed by atoms with E-state index in [4.69, 9.17) is 9.47 Å². The lowest BCUT2D eigenvalue weighted by Gasteiger charge is -2.16. The monoisotopic (exact) mass is 400 g/mol. The van der Waals surface area contributed by atoms with Gasteiger partial charge in [0.1, 0.15) is 0 Å². The number of nitrogens with one attached hydrogen (secondary N) is 2. The van der Waals surface area contributed by atoms with Crippen LogP contribution in [0.1, 0.15) is 25.0 Å². The summed E-state index contributed by atoms with van der Waals surface area (Å²) in [7, 11) is 0. The van der Waals surface area contributed by atoms with Crippen LogP contribution in [-0.4, -0.2) is 19.1 Å². The average molecular weight is 400 g/mol. The van der Waals surface area contributed by atoms with Crippen LogP contribution in [0, 0.1) is 0 Å². The predicted octanol–water partition coefficient (Wildman–Crippen LogP) is 5.42. The third kappa shape index (κ3) is 3.87. The van der Waals surface area contributed by atoms with E-state index in [1.165, 1.54) is 0 Å². The molecule has 2 N–H and O–H groups in total. The molecule has 5 nitrogen and oxygen atoms in total. The minimum absolute atomic E-state index is 0.164. The molecule has 0 unspecified atom stereocenters. The SMILES string of the molecule is CCOc1cc2c(cc1OCC)/C(=C(/Nc1ccccc1)c1ccccc1)C(=O)N2. The van der Waals surface area contributed by atoms with Gasteiger partial charge in [0.05, 0.1) is 30.2 Å². The molecule has 0 bridgehead atoms. The second-order valence-corrected chi connectivity index (χ2v) is 6.77. The summed E-state index contributed by atoms with van der Waals surface area (Å²) in [5, 5.41) is 6.43. The highest BCUT2D eigenvalue weighted by atomic mass is 16.5. The Morgan fingerprint density at radius 2 is 1.47 bits per heavy atom. The maximum Gasteiger partial charge on any atom is 0.258 e. The first kappa shape index (κ1) is 19.6. The third-order valence-corrected chi connectivity index (χ3v) is 4.78. The zero-order valence-corrected chi connectivity index (χ0v) is 17.1. The zero-order chi connectivity index (χ0) is 20.9. The van der Waals surface area contributed by atoms with Crippen molar-refractivity contribution in [2.45, 2.75) is 13.8 Å². The number of amides is 1. The lowest BCUT2D eigenvalue weighted by atomic mass is 9.99. The van der Waals surface area contributed by atoms with Gasteiger partial charge in [0.2, 0.25) is 0 Å². The molecule has 0 aromatic heterocycles. The van der Waals surface area contributed by atoms with E-state index in [0.29, 0.717) is 36.0 Å². The summed E-state index contributed by atoms with van der Waals surface area (Å²) in [6.45, 7) is 4.87. The van der Waals surface area contributed by atoms with Gasteiger partial charge in [-0.3, -0.25) is 4.79 Å². The maximum atomic E-state index is 13.1. The van der Waals surface area contributed by atoms with Gasteiger partial charge in [0.25, 0.3) is 5.91 Å². The first-order valence-electron chi connectivity index (χ1n) is 10.1. The van der Waals surface area contributed by atoms with Crippen LogP contribution in [0.3, 0.4) is 0 Å². The molecule has 4 rings (SSSR count). The number of rotatable bonds is 7. The van der Waals surface area contributed by atoms with E-state index in [2.05, 4.69) is 10.6 Å². The fraction of sp³-hybridized carbons (Fsp3) is 0.160. The summed E-state index contributed by atoms with van der Waals surface area (Å²) in [6.07, 6.45) is 0. The van der Waals surface area contributed by atoms with Crippen molar-refractivity contribution in [3.8, 4) is 11.5 Å². The van der Waals surface area contributed by atoms with Crippen LogP contribution in [0.2, 0.25) is 0 Å². The van der Waals surface area contributed by atoms with E-state index in [0.717, 1.165) is 22.5 Å². The molecule has 0 saturated heterocycles. The number of hydrogen-bond acceptors (Lipinski definition) is 4. The highest BCUT2D eigenvalue weighted by molar-refractivity contribution is 6.37. The van der Waals surface area contributed by atoms with Crippen molar-refractivity contribution in [3.05, 3.63) is 83.9 Å². The van der Waals surface area contributed by atoms with Crippen molar-refractivity contribution < 1.29 is 14.3 Å². The summed E-state index contributed by atoms with van der Waals surface area (Å²) in [4.78, 5) is 13.1. The Hall–Kier alpha value is -3.73. The molecular formula is C25H24N2O3. The third-order valence-electron chi connectivity index (χ3n) is 4.78. The molecule has 1 heterocycles. The first-order valence-corrected chi connectivity index (χ1v) is 10.1. The van der Waals surface area contributed by atoms with Gasteiger partial charge in [0.15, 0.2) is 11.5 Å². The molecule has 0 atom stereocenters. The second-order valence-electron chi connectivity index (χ2n) is 6.77. The molecule has 1 aliphatic heterocycles. The van der Waals surface area contributed by atoms with Crippen LogP contribution in [0.15, 0.2) is 72.8 Å². The lowest BCUT2D eigenvalue weighted by Crippen LogP contribution is -2.10. The van der Waals surface area contributed by atoms with Crippen LogP contribution < -0.4 is 20.1 Å². The normalized spacial score (nSPS) is 14.0. The van der Waals surface area contributed by atoms with Crippen molar-refractivity contribution in [1.82, 2.24) is 0 Å². The van der Waals surface area contributed by atoms with E-state index < -0.39 is 0 Å². The Morgan fingerprint density at radius 1 is 0.867 bits per heavy atom. The zero-order valence-electron chi connectivity index (χ0n) is 17.1. The van der Waals surface area contributed by atoms with Gasteiger partial charge >= 0.3 is 0 Å². The van der Waals surface area contributed by atoms with Gasteiger partial charge in [-0.15, -0.1) is 0 Å². The van der Waals surface area contributed by atoms with Gasteiger partial charge in [-0.25, -0.2) is 0 Å². The highest BCUT2D eigenvalue weighted by Gasteiger charge is 2.30. The molecular weight excluding hydrogens is 376 g/mol. The van der Waals surface area contributed by atoms with Crippen molar-refractivity contribution >= 4 is 28.6 Å². The molecule has 30 heavy (non-hydrogen) atoms.